The lowest BCUT2D eigenvalue weighted by atomic mass is 9.65. The molecule has 2 heteroatoms. The molecule has 2 rings (SSSR count). The summed E-state index contributed by atoms with van der Waals surface area (Å²) in [5.41, 5.74) is 1.49. The fourth-order valence-electron chi connectivity index (χ4n) is 2.91. The monoisotopic (exact) mass is 281 g/mol. The lowest BCUT2D eigenvalue weighted by Gasteiger charge is -2.45. The summed E-state index contributed by atoms with van der Waals surface area (Å²) in [6.07, 6.45) is 2.55. The Hall–Kier alpha value is -0.340. The van der Waals surface area contributed by atoms with E-state index in [9.17, 15) is 0 Å². The molecule has 0 amide bonds. The van der Waals surface area contributed by atoms with E-state index in [0.29, 0.717) is 0 Å². The van der Waals surface area contributed by atoms with Gasteiger partial charge in [0.25, 0.3) is 0 Å². The van der Waals surface area contributed by atoms with Gasteiger partial charge in [-0.3, -0.25) is 0 Å². The maximum atomic E-state index is 3.67. The minimum atomic E-state index is 0.729. The minimum Gasteiger partial charge on any atom is -0.314 e. The Morgan fingerprint density at radius 3 is 2.69 bits per heavy atom. The van der Waals surface area contributed by atoms with E-state index in [1.807, 2.05) is 0 Å². The summed E-state index contributed by atoms with van der Waals surface area (Å²) < 4.78 is 1.27. The van der Waals surface area contributed by atoms with Crippen LogP contribution in [-0.2, 0) is 0 Å². The molecule has 1 N–H and O–H groups in total. The van der Waals surface area contributed by atoms with Gasteiger partial charge in [0.1, 0.15) is 0 Å². The lowest BCUT2D eigenvalue weighted by Crippen LogP contribution is -2.48. The van der Waals surface area contributed by atoms with Crippen LogP contribution in [0.25, 0.3) is 0 Å². The smallest absolute Gasteiger partial charge is 0.0210 e. The van der Waals surface area contributed by atoms with Crippen molar-refractivity contribution in [3.8, 4) is 0 Å². The van der Waals surface area contributed by atoms with Crippen molar-refractivity contribution in [2.45, 2.75) is 38.6 Å². The van der Waals surface area contributed by atoms with Gasteiger partial charge in [0.15, 0.2) is 0 Å². The Kier molecular flexibility index (Phi) is 4.04. The second-order valence-electron chi connectivity index (χ2n) is 4.60. The first-order valence-electron chi connectivity index (χ1n) is 6.25. The number of nitrogens with one attached hydrogen (secondary N) is 1. The van der Waals surface area contributed by atoms with Crippen LogP contribution in [0, 0.1) is 5.92 Å². The quantitative estimate of drug-likeness (QED) is 0.882. The third-order valence-corrected chi connectivity index (χ3v) is 4.51. The zero-order valence-corrected chi connectivity index (χ0v) is 11.6. The molecule has 0 heterocycles. The standard InChI is InChI=1S/C14H20BrN/c1-3-10-12(9-14(10)16-4-2)11-7-5-6-8-13(11)15/h5-8,10,12,14,16H,3-4,9H2,1-2H3. The highest BCUT2D eigenvalue weighted by Gasteiger charge is 2.40. The zero-order valence-electron chi connectivity index (χ0n) is 10.0. The van der Waals surface area contributed by atoms with Gasteiger partial charge in [-0.15, -0.1) is 0 Å². The SMILES string of the molecule is CCNC1CC(c2ccccc2Br)C1CC. The van der Waals surface area contributed by atoms with E-state index in [0.717, 1.165) is 24.4 Å². The Balaban J connectivity index is 2.10. The molecule has 0 aliphatic heterocycles. The van der Waals surface area contributed by atoms with Crippen molar-refractivity contribution in [2.24, 2.45) is 5.92 Å². The predicted molar refractivity (Wildman–Crippen MR) is 72.7 cm³/mol. The van der Waals surface area contributed by atoms with Crippen LogP contribution in [0.15, 0.2) is 28.7 Å². The molecule has 1 aromatic carbocycles. The summed E-state index contributed by atoms with van der Waals surface area (Å²) in [7, 11) is 0. The summed E-state index contributed by atoms with van der Waals surface area (Å²) in [6.45, 7) is 5.58. The van der Waals surface area contributed by atoms with E-state index in [1.165, 1.54) is 22.9 Å². The average molecular weight is 282 g/mol. The molecule has 16 heavy (non-hydrogen) atoms. The molecule has 3 atom stereocenters. The first-order chi connectivity index (χ1) is 7.77. The van der Waals surface area contributed by atoms with Crippen molar-refractivity contribution < 1.29 is 0 Å². The van der Waals surface area contributed by atoms with Crippen molar-refractivity contribution in [1.29, 1.82) is 0 Å². The maximum absolute atomic E-state index is 3.67. The molecule has 0 radical (unpaired) electrons. The molecule has 1 saturated carbocycles. The van der Waals surface area contributed by atoms with E-state index < -0.39 is 0 Å². The van der Waals surface area contributed by atoms with Crippen LogP contribution in [0.3, 0.4) is 0 Å². The summed E-state index contributed by atoms with van der Waals surface area (Å²) in [5, 5.41) is 3.59. The fourth-order valence-corrected chi connectivity index (χ4v) is 3.49. The van der Waals surface area contributed by atoms with E-state index in [-0.39, 0.29) is 0 Å². The molecule has 3 unspecified atom stereocenters. The van der Waals surface area contributed by atoms with Gasteiger partial charge in [-0.25, -0.2) is 0 Å². The summed E-state index contributed by atoms with van der Waals surface area (Å²) in [4.78, 5) is 0. The molecule has 0 saturated heterocycles. The van der Waals surface area contributed by atoms with Crippen molar-refractivity contribution in [3.05, 3.63) is 34.3 Å². The van der Waals surface area contributed by atoms with Crippen molar-refractivity contribution >= 4 is 15.9 Å². The highest BCUT2D eigenvalue weighted by atomic mass is 79.9. The predicted octanol–water partition coefficient (Wildman–Crippen LogP) is 3.94. The molecule has 1 nitrogen and oxygen atoms in total. The van der Waals surface area contributed by atoms with Crippen molar-refractivity contribution in [1.82, 2.24) is 5.32 Å². The van der Waals surface area contributed by atoms with E-state index >= 15 is 0 Å². The van der Waals surface area contributed by atoms with Crippen LogP contribution in [0.1, 0.15) is 38.2 Å². The summed E-state index contributed by atoms with van der Waals surface area (Å²) >= 11 is 3.67. The van der Waals surface area contributed by atoms with Gasteiger partial charge in [-0.1, -0.05) is 54.4 Å². The highest BCUT2D eigenvalue weighted by molar-refractivity contribution is 9.10. The number of benzene rings is 1. The van der Waals surface area contributed by atoms with Crippen molar-refractivity contribution in [3.63, 3.8) is 0 Å². The van der Waals surface area contributed by atoms with E-state index in [1.54, 1.807) is 0 Å². The Morgan fingerprint density at radius 2 is 2.06 bits per heavy atom. The lowest BCUT2D eigenvalue weighted by molar-refractivity contribution is 0.162. The number of rotatable bonds is 4. The van der Waals surface area contributed by atoms with E-state index in [4.69, 9.17) is 0 Å². The molecule has 1 aliphatic carbocycles. The fraction of sp³-hybridized carbons (Fsp3) is 0.571. The molecule has 1 aromatic rings. The second-order valence-corrected chi connectivity index (χ2v) is 5.45. The van der Waals surface area contributed by atoms with Crippen LogP contribution < -0.4 is 5.32 Å². The molecular weight excluding hydrogens is 262 g/mol. The van der Waals surface area contributed by atoms with Crippen molar-refractivity contribution in [2.75, 3.05) is 6.54 Å². The first-order valence-corrected chi connectivity index (χ1v) is 7.05. The van der Waals surface area contributed by atoms with Gasteiger partial charge in [0.05, 0.1) is 0 Å². The number of halogens is 1. The van der Waals surface area contributed by atoms with E-state index in [2.05, 4.69) is 59.4 Å². The van der Waals surface area contributed by atoms with Gasteiger partial charge in [0, 0.05) is 10.5 Å². The number of hydrogen-bond donors (Lipinski definition) is 1. The van der Waals surface area contributed by atoms with Gasteiger partial charge >= 0.3 is 0 Å². The van der Waals surface area contributed by atoms with Gasteiger partial charge in [0.2, 0.25) is 0 Å². The van der Waals surface area contributed by atoms with Gasteiger partial charge < -0.3 is 5.32 Å². The molecular formula is C14H20BrN. The van der Waals surface area contributed by atoms with Crippen LogP contribution in [0.5, 0.6) is 0 Å². The third kappa shape index (κ3) is 2.18. The summed E-state index contributed by atoms with van der Waals surface area (Å²) in [5.74, 6) is 1.54. The molecule has 0 aromatic heterocycles. The maximum Gasteiger partial charge on any atom is 0.0210 e. The Bertz CT molecular complexity index is 350. The zero-order chi connectivity index (χ0) is 11.5. The molecule has 0 spiro atoms. The second kappa shape index (κ2) is 5.33. The van der Waals surface area contributed by atoms with Gasteiger partial charge in [-0.05, 0) is 36.4 Å². The largest absolute Gasteiger partial charge is 0.314 e. The molecule has 1 aliphatic rings. The summed E-state index contributed by atoms with van der Waals surface area (Å²) in [6, 6.07) is 9.39. The Morgan fingerprint density at radius 1 is 1.31 bits per heavy atom. The first kappa shape index (κ1) is 12.1. The molecule has 0 bridgehead atoms. The number of hydrogen-bond acceptors (Lipinski definition) is 1. The van der Waals surface area contributed by atoms with Crippen LogP contribution in [-0.4, -0.2) is 12.6 Å². The van der Waals surface area contributed by atoms with Gasteiger partial charge in [-0.2, -0.15) is 0 Å². The molecule has 88 valence electrons. The normalized spacial score (nSPS) is 28.8. The Labute approximate surface area is 107 Å². The topological polar surface area (TPSA) is 12.0 Å². The highest BCUT2D eigenvalue weighted by Crippen LogP contribution is 2.46. The minimum absolute atomic E-state index is 0.729. The third-order valence-electron chi connectivity index (χ3n) is 3.78. The van der Waals surface area contributed by atoms with Crippen LogP contribution in [0.4, 0.5) is 0 Å². The van der Waals surface area contributed by atoms with Crippen LogP contribution in [0.2, 0.25) is 0 Å². The average Bonchev–Trinajstić information content (AvgIpc) is 2.26. The van der Waals surface area contributed by atoms with Crippen LogP contribution >= 0.6 is 15.9 Å². The molecule has 1 fully saturated rings.